The maximum Gasteiger partial charge on any atom is 0.347 e. The number of nitrogens with zero attached hydrogens (tertiary/aromatic N) is 1. The fourth-order valence-corrected chi connectivity index (χ4v) is 2.72. The number of imide groups is 1. The number of carbonyl (C=O) groups excluding carboxylic acids is 3. The molecule has 1 atom stereocenters. The molecule has 27 heavy (non-hydrogen) atoms. The van der Waals surface area contributed by atoms with Crippen molar-refractivity contribution >= 4 is 23.5 Å². The van der Waals surface area contributed by atoms with Gasteiger partial charge in [0, 0.05) is 0 Å². The maximum absolute atomic E-state index is 12.5. The second-order valence-corrected chi connectivity index (χ2v) is 6.77. The second kappa shape index (κ2) is 7.61. The average molecular weight is 367 g/mol. The minimum atomic E-state index is -0.756. The van der Waals surface area contributed by atoms with Gasteiger partial charge >= 0.3 is 5.97 Å². The molecule has 3 rings (SSSR count). The molecule has 0 spiro atoms. The van der Waals surface area contributed by atoms with Gasteiger partial charge < -0.3 is 9.47 Å². The predicted octanol–water partition coefficient (Wildman–Crippen LogP) is 3.45. The number of hydrogen-bond donors (Lipinski definition) is 0. The molecule has 0 aromatic heterocycles. The van der Waals surface area contributed by atoms with Crippen molar-refractivity contribution in [1.82, 2.24) is 0 Å². The Kier molecular flexibility index (Phi) is 5.26. The van der Waals surface area contributed by atoms with Gasteiger partial charge in [-0.05, 0) is 49.2 Å². The minimum absolute atomic E-state index is 0.250. The van der Waals surface area contributed by atoms with Crippen LogP contribution in [0, 0.1) is 5.92 Å². The van der Waals surface area contributed by atoms with E-state index in [0.717, 1.165) is 4.90 Å². The third-order valence-corrected chi connectivity index (χ3v) is 4.09. The van der Waals surface area contributed by atoms with Crippen molar-refractivity contribution in [1.29, 1.82) is 0 Å². The third kappa shape index (κ3) is 3.84. The van der Waals surface area contributed by atoms with E-state index < -0.39 is 12.1 Å². The van der Waals surface area contributed by atoms with Crippen LogP contribution in [-0.4, -0.2) is 30.5 Å². The summed E-state index contributed by atoms with van der Waals surface area (Å²) in [6, 6.07) is 13.2. The summed E-state index contributed by atoms with van der Waals surface area (Å²) in [6.07, 6.45) is -0.756. The number of carbonyl (C=O) groups is 3. The van der Waals surface area contributed by atoms with Gasteiger partial charge in [0.05, 0.1) is 23.4 Å². The highest BCUT2D eigenvalue weighted by Crippen LogP contribution is 2.29. The van der Waals surface area contributed by atoms with Crippen molar-refractivity contribution in [2.45, 2.75) is 26.9 Å². The first kappa shape index (κ1) is 18.6. The Morgan fingerprint density at radius 2 is 1.48 bits per heavy atom. The molecule has 0 bridgehead atoms. The summed E-state index contributed by atoms with van der Waals surface area (Å²) in [5.41, 5.74) is 1.23. The van der Waals surface area contributed by atoms with Crippen molar-refractivity contribution in [3.63, 3.8) is 0 Å². The molecule has 0 saturated carbocycles. The molecule has 0 aliphatic carbocycles. The lowest BCUT2D eigenvalue weighted by Crippen LogP contribution is -2.29. The summed E-state index contributed by atoms with van der Waals surface area (Å²) >= 11 is 0. The summed E-state index contributed by atoms with van der Waals surface area (Å²) in [5, 5.41) is 0. The van der Waals surface area contributed by atoms with Gasteiger partial charge in [-0.3, -0.25) is 9.59 Å². The average Bonchev–Trinajstić information content (AvgIpc) is 2.91. The van der Waals surface area contributed by atoms with Crippen LogP contribution in [0.3, 0.4) is 0 Å². The third-order valence-electron chi connectivity index (χ3n) is 4.09. The van der Waals surface area contributed by atoms with Crippen molar-refractivity contribution in [3.8, 4) is 5.75 Å². The van der Waals surface area contributed by atoms with Gasteiger partial charge in [-0.15, -0.1) is 0 Å². The van der Waals surface area contributed by atoms with E-state index in [1.54, 1.807) is 55.5 Å². The van der Waals surface area contributed by atoms with E-state index in [2.05, 4.69) is 0 Å². The van der Waals surface area contributed by atoms with Crippen molar-refractivity contribution in [3.05, 3.63) is 59.7 Å². The Hall–Kier alpha value is -3.15. The molecule has 6 nitrogen and oxygen atoms in total. The second-order valence-electron chi connectivity index (χ2n) is 6.77. The van der Waals surface area contributed by atoms with Gasteiger partial charge in [0.25, 0.3) is 11.8 Å². The highest BCUT2D eigenvalue weighted by molar-refractivity contribution is 6.34. The zero-order chi connectivity index (χ0) is 19.6. The van der Waals surface area contributed by atoms with Crippen molar-refractivity contribution in [2.75, 3.05) is 11.5 Å². The van der Waals surface area contributed by atoms with Crippen LogP contribution < -0.4 is 9.64 Å². The molecule has 1 aliphatic heterocycles. The largest absolute Gasteiger partial charge is 0.479 e. The first-order valence-corrected chi connectivity index (χ1v) is 8.79. The molecular formula is C21H21NO5. The van der Waals surface area contributed by atoms with Crippen LogP contribution in [0.2, 0.25) is 0 Å². The van der Waals surface area contributed by atoms with E-state index in [-0.39, 0.29) is 17.7 Å². The SMILES string of the molecule is CC(C)COC(=O)[C@H](C)Oc1ccc(N2C(=O)c3ccccc3C2=O)cc1. The number of amides is 2. The van der Waals surface area contributed by atoms with Crippen molar-refractivity contribution < 1.29 is 23.9 Å². The van der Waals surface area contributed by atoms with Crippen LogP contribution in [0.25, 0.3) is 0 Å². The van der Waals surface area contributed by atoms with Gasteiger partial charge in [0.1, 0.15) is 5.75 Å². The number of fused-ring (bicyclic) bond motifs is 1. The zero-order valence-corrected chi connectivity index (χ0v) is 15.5. The van der Waals surface area contributed by atoms with Gasteiger partial charge in [-0.25, -0.2) is 9.69 Å². The van der Waals surface area contributed by atoms with E-state index in [1.165, 1.54) is 0 Å². The fourth-order valence-electron chi connectivity index (χ4n) is 2.72. The normalized spacial score (nSPS) is 14.3. The van der Waals surface area contributed by atoms with E-state index in [1.807, 2.05) is 13.8 Å². The molecule has 1 heterocycles. The Bertz CT molecular complexity index is 837. The maximum atomic E-state index is 12.5. The lowest BCUT2D eigenvalue weighted by Gasteiger charge is -2.17. The van der Waals surface area contributed by atoms with E-state index in [0.29, 0.717) is 29.2 Å². The molecular weight excluding hydrogens is 346 g/mol. The van der Waals surface area contributed by atoms with Crippen LogP contribution in [-0.2, 0) is 9.53 Å². The van der Waals surface area contributed by atoms with Crippen LogP contribution in [0.15, 0.2) is 48.5 Å². The lowest BCUT2D eigenvalue weighted by molar-refractivity contribution is -0.152. The summed E-state index contributed by atoms with van der Waals surface area (Å²) in [4.78, 5) is 38.0. The van der Waals surface area contributed by atoms with Gasteiger partial charge in [0.15, 0.2) is 6.10 Å². The van der Waals surface area contributed by atoms with Crippen molar-refractivity contribution in [2.24, 2.45) is 5.92 Å². The topological polar surface area (TPSA) is 72.9 Å². The van der Waals surface area contributed by atoms with Gasteiger partial charge in [-0.2, -0.15) is 0 Å². The Balaban J connectivity index is 1.69. The van der Waals surface area contributed by atoms with Crippen LogP contribution in [0.4, 0.5) is 5.69 Å². The highest BCUT2D eigenvalue weighted by atomic mass is 16.6. The smallest absolute Gasteiger partial charge is 0.347 e. The Labute approximate surface area is 157 Å². The predicted molar refractivity (Wildman–Crippen MR) is 99.9 cm³/mol. The molecule has 2 aromatic carbocycles. The molecule has 0 radical (unpaired) electrons. The number of anilines is 1. The highest BCUT2D eigenvalue weighted by Gasteiger charge is 2.36. The molecule has 0 saturated heterocycles. The zero-order valence-electron chi connectivity index (χ0n) is 15.5. The summed E-state index contributed by atoms with van der Waals surface area (Å²) < 4.78 is 10.7. The quantitative estimate of drug-likeness (QED) is 0.577. The molecule has 2 aromatic rings. The molecule has 6 heteroatoms. The molecule has 140 valence electrons. The first-order chi connectivity index (χ1) is 12.9. The fraction of sp³-hybridized carbons (Fsp3) is 0.286. The summed E-state index contributed by atoms with van der Waals surface area (Å²) in [5.74, 6) is -0.442. The Morgan fingerprint density at radius 3 is 2.00 bits per heavy atom. The summed E-state index contributed by atoms with van der Waals surface area (Å²) in [7, 11) is 0. The lowest BCUT2D eigenvalue weighted by atomic mass is 10.1. The van der Waals surface area contributed by atoms with E-state index in [4.69, 9.17) is 9.47 Å². The number of benzene rings is 2. The molecule has 1 aliphatic rings. The number of hydrogen-bond acceptors (Lipinski definition) is 5. The molecule has 0 unspecified atom stereocenters. The minimum Gasteiger partial charge on any atom is -0.479 e. The number of ether oxygens (including phenoxy) is 2. The first-order valence-electron chi connectivity index (χ1n) is 8.79. The molecule has 0 N–H and O–H groups in total. The molecule has 2 amide bonds. The van der Waals surface area contributed by atoms with E-state index >= 15 is 0 Å². The molecule has 0 fully saturated rings. The summed E-state index contributed by atoms with van der Waals surface area (Å²) in [6.45, 7) is 5.86. The van der Waals surface area contributed by atoms with Gasteiger partial charge in [-0.1, -0.05) is 26.0 Å². The van der Waals surface area contributed by atoms with Crippen LogP contribution in [0.5, 0.6) is 5.75 Å². The standard InChI is InChI=1S/C21H21NO5/c1-13(2)12-26-21(25)14(3)27-16-10-8-15(9-11-16)22-19(23)17-6-4-5-7-18(17)20(22)24/h4-11,13-14H,12H2,1-3H3/t14-/m0/s1. The Morgan fingerprint density at radius 1 is 0.926 bits per heavy atom. The van der Waals surface area contributed by atoms with Crippen LogP contribution >= 0.6 is 0 Å². The monoisotopic (exact) mass is 367 g/mol. The number of esters is 1. The van der Waals surface area contributed by atoms with Crippen LogP contribution in [0.1, 0.15) is 41.5 Å². The van der Waals surface area contributed by atoms with E-state index in [9.17, 15) is 14.4 Å². The van der Waals surface area contributed by atoms with Gasteiger partial charge in [0.2, 0.25) is 0 Å². The number of rotatable bonds is 6.